The first-order valence-electron chi connectivity index (χ1n) is 6.83. The molecule has 2 rings (SSSR count). The largest absolute Gasteiger partial charge is 0.460 e. The second kappa shape index (κ2) is 7.66. The molecule has 0 atom stereocenters. The van der Waals surface area contributed by atoms with Gasteiger partial charge in [-0.1, -0.05) is 42.5 Å². The molecule has 0 unspecified atom stereocenters. The second-order valence-corrected chi connectivity index (χ2v) is 6.43. The van der Waals surface area contributed by atoms with Crippen LogP contribution in [-0.2, 0) is 26.2 Å². The number of esters is 1. The summed E-state index contributed by atoms with van der Waals surface area (Å²) in [5, 5.41) is 10.9. The standard InChI is InChI=1S/C15H14N2O6S/c18-15(23-11-12-6-2-1-3-7-12)10-16-24(21,22)14-9-5-4-8-13(14)17(19)20/h1-9,16H,10-11H2/i16+1. The first-order valence-corrected chi connectivity index (χ1v) is 8.31. The van der Waals surface area contributed by atoms with Gasteiger partial charge in [0.2, 0.25) is 10.0 Å². The summed E-state index contributed by atoms with van der Waals surface area (Å²) in [7, 11) is -4.21. The lowest BCUT2D eigenvalue weighted by atomic mass is 10.2. The number of nitro benzene ring substituents is 1. The van der Waals surface area contributed by atoms with Gasteiger partial charge in [-0.3, -0.25) is 14.9 Å². The van der Waals surface area contributed by atoms with Gasteiger partial charge in [-0.25, -0.2) is 8.42 Å². The minimum atomic E-state index is -4.21. The Morgan fingerprint density at radius 2 is 1.71 bits per heavy atom. The highest BCUT2D eigenvalue weighted by atomic mass is 32.2. The molecule has 8 nitrogen and oxygen atoms in total. The summed E-state index contributed by atoms with van der Waals surface area (Å²) < 4.78 is 31.2. The number of para-hydroxylation sites is 1. The van der Waals surface area contributed by atoms with Crippen LogP contribution >= 0.6 is 0 Å². The monoisotopic (exact) mass is 351 g/mol. The molecule has 0 aliphatic heterocycles. The van der Waals surface area contributed by atoms with Crippen LogP contribution in [-0.4, -0.2) is 25.9 Å². The van der Waals surface area contributed by atoms with Crippen molar-refractivity contribution < 1.29 is 22.9 Å². The molecular formula is C15H14N2O6S. The molecule has 0 aliphatic rings. The van der Waals surface area contributed by atoms with Crippen molar-refractivity contribution in [1.29, 1.82) is 0 Å². The lowest BCUT2D eigenvalue weighted by molar-refractivity contribution is -0.387. The Morgan fingerprint density at radius 3 is 2.38 bits per heavy atom. The molecule has 0 heterocycles. The van der Waals surface area contributed by atoms with Gasteiger partial charge in [0.1, 0.15) is 13.2 Å². The smallest absolute Gasteiger partial charge is 0.321 e. The third kappa shape index (κ3) is 4.61. The molecule has 0 bridgehead atoms. The molecule has 0 spiro atoms. The van der Waals surface area contributed by atoms with E-state index in [4.69, 9.17) is 4.74 Å². The minimum Gasteiger partial charge on any atom is -0.460 e. The van der Waals surface area contributed by atoms with Gasteiger partial charge in [-0.2, -0.15) is 4.72 Å². The van der Waals surface area contributed by atoms with Crippen LogP contribution in [0.5, 0.6) is 0 Å². The van der Waals surface area contributed by atoms with Gasteiger partial charge in [0.15, 0.2) is 4.90 Å². The van der Waals surface area contributed by atoms with Crippen molar-refractivity contribution >= 4 is 21.7 Å². The number of sulfonamides is 1. The van der Waals surface area contributed by atoms with Gasteiger partial charge in [-0.15, -0.1) is 0 Å². The number of benzene rings is 2. The Bertz CT molecular complexity index is 836. The average Bonchev–Trinajstić information content (AvgIpc) is 2.59. The Morgan fingerprint density at radius 1 is 1.08 bits per heavy atom. The first kappa shape index (κ1) is 17.6. The molecule has 9 heteroatoms. The SMILES string of the molecule is O=C(C[15NH]S(=O)(=O)c1ccccc1[N+](=O)[O-])OCc1ccccc1. The van der Waals surface area contributed by atoms with Crippen molar-refractivity contribution in [3.05, 3.63) is 70.3 Å². The first-order chi connectivity index (χ1) is 11.4. The molecule has 24 heavy (non-hydrogen) atoms. The van der Waals surface area contributed by atoms with E-state index >= 15 is 0 Å². The summed E-state index contributed by atoms with van der Waals surface area (Å²) in [6, 6.07) is 13.8. The second-order valence-electron chi connectivity index (χ2n) is 4.70. The molecule has 126 valence electrons. The van der Waals surface area contributed by atoms with Crippen LogP contribution in [0.2, 0.25) is 0 Å². The van der Waals surface area contributed by atoms with Crippen molar-refractivity contribution in [1.82, 2.24) is 4.72 Å². The molecule has 2 aromatic rings. The number of rotatable bonds is 7. The van der Waals surface area contributed by atoms with Crippen LogP contribution in [0.3, 0.4) is 0 Å². The fourth-order valence-corrected chi connectivity index (χ4v) is 3.00. The predicted octanol–water partition coefficient (Wildman–Crippen LogP) is 1.62. The number of carbonyl (C=O) groups excluding carboxylic acids is 1. The van der Waals surface area contributed by atoms with Crippen LogP contribution in [0, 0.1) is 10.1 Å². The molecular weight excluding hydrogens is 337 g/mol. The van der Waals surface area contributed by atoms with Gasteiger partial charge in [0, 0.05) is 6.07 Å². The van der Waals surface area contributed by atoms with E-state index < -0.39 is 38.0 Å². The van der Waals surface area contributed by atoms with E-state index in [2.05, 4.69) is 0 Å². The maximum Gasteiger partial charge on any atom is 0.321 e. The minimum absolute atomic E-state index is 0.00683. The Labute approximate surface area is 138 Å². The number of hydrogen-bond donors (Lipinski definition) is 1. The maximum atomic E-state index is 12.1. The fraction of sp³-hybridized carbons (Fsp3) is 0.133. The van der Waals surface area contributed by atoms with Crippen LogP contribution in [0.15, 0.2) is 59.5 Å². The van der Waals surface area contributed by atoms with Crippen molar-refractivity contribution in [3.63, 3.8) is 0 Å². The fourth-order valence-electron chi connectivity index (χ4n) is 1.86. The quantitative estimate of drug-likeness (QED) is 0.351. The zero-order chi connectivity index (χ0) is 17.6. The van der Waals surface area contributed by atoms with Crippen LogP contribution in [0.25, 0.3) is 0 Å². The van der Waals surface area contributed by atoms with Gasteiger partial charge < -0.3 is 4.74 Å². The highest BCUT2D eigenvalue weighted by molar-refractivity contribution is 7.89. The molecule has 0 aromatic heterocycles. The van der Waals surface area contributed by atoms with E-state index in [1.807, 2.05) is 10.8 Å². The summed E-state index contributed by atoms with van der Waals surface area (Å²) in [6.07, 6.45) is 0. The van der Waals surface area contributed by atoms with Gasteiger partial charge in [0.25, 0.3) is 5.69 Å². The zero-order valence-corrected chi connectivity index (χ0v) is 13.2. The average molecular weight is 351 g/mol. The van der Waals surface area contributed by atoms with Gasteiger partial charge in [0.05, 0.1) is 4.92 Å². The number of hydrogen-bond acceptors (Lipinski definition) is 6. The highest BCUT2D eigenvalue weighted by Gasteiger charge is 2.25. The van der Waals surface area contributed by atoms with E-state index in [9.17, 15) is 23.3 Å². The number of nitrogens with zero attached hydrogens (tertiary/aromatic N) is 1. The molecule has 0 saturated carbocycles. The molecule has 2 aromatic carbocycles. The third-order valence-corrected chi connectivity index (χ3v) is 4.45. The Kier molecular flexibility index (Phi) is 5.61. The molecule has 1 N–H and O–H groups in total. The Balaban J connectivity index is 1.98. The predicted molar refractivity (Wildman–Crippen MR) is 84.5 cm³/mol. The third-order valence-electron chi connectivity index (χ3n) is 3.00. The van der Waals surface area contributed by atoms with Crippen molar-refractivity contribution in [2.24, 2.45) is 0 Å². The van der Waals surface area contributed by atoms with Crippen molar-refractivity contribution in [3.8, 4) is 0 Å². The van der Waals surface area contributed by atoms with E-state index in [0.29, 0.717) is 0 Å². The molecule has 0 amide bonds. The van der Waals surface area contributed by atoms with Crippen LogP contribution in [0.4, 0.5) is 5.69 Å². The molecule has 0 saturated heterocycles. The highest BCUT2D eigenvalue weighted by Crippen LogP contribution is 2.22. The van der Waals surface area contributed by atoms with Crippen LogP contribution < -0.4 is 4.72 Å². The number of carbonyl (C=O) groups is 1. The summed E-state index contributed by atoms with van der Waals surface area (Å²) in [5.74, 6) is -0.791. The summed E-state index contributed by atoms with van der Waals surface area (Å²) in [6.45, 7) is -0.617. The normalized spacial score (nSPS) is 11.0. The summed E-state index contributed by atoms with van der Waals surface area (Å²) in [5.41, 5.74) is 0.190. The number of nitrogens with one attached hydrogen (secondary N) is 1. The summed E-state index contributed by atoms with van der Waals surface area (Å²) in [4.78, 5) is 21.2. The van der Waals surface area contributed by atoms with E-state index in [1.54, 1.807) is 24.3 Å². The number of ether oxygens (including phenoxy) is 1. The molecule has 0 fully saturated rings. The van der Waals surface area contributed by atoms with Gasteiger partial charge in [-0.05, 0) is 11.6 Å². The molecule has 0 aliphatic carbocycles. The number of nitro groups is 1. The van der Waals surface area contributed by atoms with Crippen LogP contribution in [0.1, 0.15) is 5.56 Å². The lowest BCUT2D eigenvalue weighted by Crippen LogP contribution is -2.31. The van der Waals surface area contributed by atoms with Gasteiger partial charge >= 0.3 is 5.97 Å². The van der Waals surface area contributed by atoms with E-state index in [1.165, 1.54) is 12.1 Å². The van der Waals surface area contributed by atoms with E-state index in [0.717, 1.165) is 17.7 Å². The lowest BCUT2D eigenvalue weighted by Gasteiger charge is -2.08. The van der Waals surface area contributed by atoms with Crippen molar-refractivity contribution in [2.75, 3.05) is 6.54 Å². The summed E-state index contributed by atoms with van der Waals surface area (Å²) >= 11 is 0. The van der Waals surface area contributed by atoms with E-state index in [-0.39, 0.29) is 6.61 Å². The maximum absolute atomic E-state index is 12.1. The zero-order valence-electron chi connectivity index (χ0n) is 12.4. The van der Waals surface area contributed by atoms with Crippen molar-refractivity contribution in [2.45, 2.75) is 11.5 Å². The topological polar surface area (TPSA) is 116 Å². The Hall–Kier alpha value is -2.78. The molecule has 0 radical (unpaired) electrons.